The fourth-order valence-electron chi connectivity index (χ4n) is 4.91. The highest BCUT2D eigenvalue weighted by atomic mass is 16.7. The fourth-order valence-corrected chi connectivity index (χ4v) is 4.91. The molecule has 0 bridgehead atoms. The number of hydroxylamine groups is 2. The lowest BCUT2D eigenvalue weighted by molar-refractivity contribution is -0.232. The van der Waals surface area contributed by atoms with E-state index in [0.717, 1.165) is 32.1 Å². The molecular weight excluding hydrogens is 314 g/mol. The Hall–Kier alpha value is -1.59. The number of methoxy groups -OCH3 is 1. The summed E-state index contributed by atoms with van der Waals surface area (Å²) in [5.41, 5.74) is 9.34. The number of hydrogen-bond acceptors (Lipinski definition) is 5. The van der Waals surface area contributed by atoms with Gasteiger partial charge in [0.15, 0.2) is 0 Å². The van der Waals surface area contributed by atoms with Gasteiger partial charge in [0.25, 0.3) is 0 Å². The van der Waals surface area contributed by atoms with Crippen molar-refractivity contribution in [3.05, 3.63) is 34.9 Å². The summed E-state index contributed by atoms with van der Waals surface area (Å²) in [5, 5.41) is 1.64. The van der Waals surface area contributed by atoms with Gasteiger partial charge in [0.2, 0.25) is 11.7 Å². The molecule has 2 aliphatic carbocycles. The number of hydrogen-bond donors (Lipinski definition) is 1. The maximum atomic E-state index is 6.41. The molecular formula is C20H29N3O2. The Labute approximate surface area is 150 Å². The summed E-state index contributed by atoms with van der Waals surface area (Å²) in [4.78, 5) is 11.3. The van der Waals surface area contributed by atoms with Crippen molar-refractivity contribution >= 4 is 5.96 Å². The summed E-state index contributed by atoms with van der Waals surface area (Å²) in [7, 11) is 3.67. The van der Waals surface area contributed by atoms with E-state index in [0.29, 0.717) is 18.0 Å². The number of ether oxygens (including phenoxy) is 1. The van der Waals surface area contributed by atoms with E-state index in [1.807, 2.05) is 14.2 Å². The van der Waals surface area contributed by atoms with Gasteiger partial charge in [-0.05, 0) is 49.1 Å². The monoisotopic (exact) mass is 343 g/mol. The van der Waals surface area contributed by atoms with Gasteiger partial charge in [-0.2, -0.15) is 0 Å². The van der Waals surface area contributed by atoms with E-state index in [2.05, 4.69) is 32.0 Å². The van der Waals surface area contributed by atoms with Crippen LogP contribution in [0, 0.1) is 5.41 Å². The highest BCUT2D eigenvalue weighted by molar-refractivity contribution is 5.79. The van der Waals surface area contributed by atoms with Crippen molar-refractivity contribution in [2.24, 2.45) is 16.1 Å². The van der Waals surface area contributed by atoms with Crippen LogP contribution in [0.4, 0.5) is 0 Å². The summed E-state index contributed by atoms with van der Waals surface area (Å²) in [6.07, 6.45) is 5.53. The number of benzene rings is 1. The second-order valence-electron chi connectivity index (χ2n) is 8.17. The molecule has 2 spiro atoms. The summed E-state index contributed by atoms with van der Waals surface area (Å²) >= 11 is 0. The van der Waals surface area contributed by atoms with Crippen LogP contribution in [0.15, 0.2) is 23.2 Å². The van der Waals surface area contributed by atoms with Gasteiger partial charge < -0.3 is 10.5 Å². The van der Waals surface area contributed by atoms with Gasteiger partial charge in [-0.1, -0.05) is 32.0 Å². The first-order valence-corrected chi connectivity index (χ1v) is 9.35. The Morgan fingerprint density at radius 2 is 2.04 bits per heavy atom. The van der Waals surface area contributed by atoms with Crippen molar-refractivity contribution in [1.29, 1.82) is 0 Å². The van der Waals surface area contributed by atoms with Gasteiger partial charge in [0, 0.05) is 25.1 Å². The molecule has 1 unspecified atom stereocenters. The lowest BCUT2D eigenvalue weighted by Crippen LogP contribution is -2.46. The standard InChI is InChI=1S/C20H29N3O2/c1-13(2)14-5-6-15-12-19(9-7-16(24-4)8-10-19)20(17(15)11-14)22-18(21)23(3)25-20/h5-6,11,13,16H,7-10,12H2,1-4H3,(H2,21,22)/t16-,19+,20?. The zero-order chi connectivity index (χ0) is 17.8. The van der Waals surface area contributed by atoms with Crippen LogP contribution in [0.1, 0.15) is 62.1 Å². The zero-order valence-corrected chi connectivity index (χ0v) is 15.7. The largest absolute Gasteiger partial charge is 0.381 e. The fraction of sp³-hybridized carbons (Fsp3) is 0.650. The maximum Gasteiger partial charge on any atom is 0.220 e. The van der Waals surface area contributed by atoms with E-state index in [1.165, 1.54) is 16.7 Å². The molecule has 0 amide bonds. The van der Waals surface area contributed by atoms with Gasteiger partial charge in [-0.25, -0.2) is 14.9 Å². The van der Waals surface area contributed by atoms with Crippen LogP contribution in [0.2, 0.25) is 0 Å². The molecule has 1 heterocycles. The molecule has 3 aliphatic rings. The van der Waals surface area contributed by atoms with E-state index < -0.39 is 5.72 Å². The molecule has 2 N–H and O–H groups in total. The van der Waals surface area contributed by atoms with Crippen molar-refractivity contribution in [2.45, 2.75) is 63.7 Å². The van der Waals surface area contributed by atoms with E-state index in [1.54, 1.807) is 5.06 Å². The van der Waals surface area contributed by atoms with E-state index >= 15 is 0 Å². The molecule has 0 aromatic heterocycles. The molecule has 1 aromatic carbocycles. The van der Waals surface area contributed by atoms with Crippen LogP contribution in [-0.4, -0.2) is 31.3 Å². The lowest BCUT2D eigenvalue weighted by atomic mass is 9.66. The highest BCUT2D eigenvalue weighted by Gasteiger charge is 2.63. The number of rotatable bonds is 2. The van der Waals surface area contributed by atoms with Crippen molar-refractivity contribution in [1.82, 2.24) is 5.06 Å². The Balaban J connectivity index is 1.82. The number of nitrogens with two attached hydrogens (primary N) is 1. The second kappa shape index (κ2) is 5.71. The summed E-state index contributed by atoms with van der Waals surface area (Å²) < 4.78 is 5.60. The first kappa shape index (κ1) is 16.9. The van der Waals surface area contributed by atoms with E-state index in [4.69, 9.17) is 20.3 Å². The Morgan fingerprint density at radius 3 is 2.60 bits per heavy atom. The van der Waals surface area contributed by atoms with Crippen LogP contribution in [-0.2, 0) is 21.7 Å². The molecule has 1 saturated carbocycles. The molecule has 5 nitrogen and oxygen atoms in total. The number of nitrogens with zero attached hydrogens (tertiary/aromatic N) is 2. The van der Waals surface area contributed by atoms with Gasteiger partial charge in [-0.3, -0.25) is 0 Å². The number of aliphatic imine (C=N–C) groups is 1. The van der Waals surface area contributed by atoms with Crippen molar-refractivity contribution < 1.29 is 9.57 Å². The van der Waals surface area contributed by atoms with Crippen LogP contribution < -0.4 is 5.73 Å². The molecule has 1 fully saturated rings. The van der Waals surface area contributed by atoms with Gasteiger partial charge in [0.1, 0.15) is 0 Å². The Kier molecular flexibility index (Phi) is 3.85. The molecule has 136 valence electrons. The normalized spacial score (nSPS) is 34.2. The Bertz CT molecular complexity index is 707. The molecule has 5 heteroatoms. The van der Waals surface area contributed by atoms with Crippen molar-refractivity contribution in [3.63, 3.8) is 0 Å². The molecule has 25 heavy (non-hydrogen) atoms. The number of fused-ring (bicyclic) bond motifs is 3. The Morgan fingerprint density at radius 1 is 1.32 bits per heavy atom. The average molecular weight is 343 g/mol. The predicted octanol–water partition coefficient (Wildman–Crippen LogP) is 3.29. The zero-order valence-electron chi connectivity index (χ0n) is 15.7. The van der Waals surface area contributed by atoms with Crippen LogP contribution in [0.5, 0.6) is 0 Å². The van der Waals surface area contributed by atoms with Crippen molar-refractivity contribution in [3.8, 4) is 0 Å². The second-order valence-corrected chi connectivity index (χ2v) is 8.17. The SMILES string of the molecule is CO[C@H]1CC[C@@]2(CC1)Cc1ccc(C(C)C)cc1C21N=C(N)N(C)O1. The van der Waals surface area contributed by atoms with Crippen molar-refractivity contribution in [2.75, 3.05) is 14.2 Å². The maximum absolute atomic E-state index is 6.41. The number of guanidine groups is 1. The smallest absolute Gasteiger partial charge is 0.220 e. The van der Waals surface area contributed by atoms with Crippen LogP contribution in [0.3, 0.4) is 0 Å². The van der Waals surface area contributed by atoms with Crippen LogP contribution in [0.25, 0.3) is 0 Å². The third kappa shape index (κ3) is 2.32. The minimum atomic E-state index is -0.676. The molecule has 0 radical (unpaired) electrons. The van der Waals surface area contributed by atoms with E-state index in [9.17, 15) is 0 Å². The van der Waals surface area contributed by atoms with Gasteiger partial charge in [0.05, 0.1) is 6.10 Å². The molecule has 1 aliphatic heterocycles. The third-order valence-electron chi connectivity index (χ3n) is 6.50. The van der Waals surface area contributed by atoms with Gasteiger partial charge >= 0.3 is 0 Å². The van der Waals surface area contributed by atoms with Crippen LogP contribution >= 0.6 is 0 Å². The lowest BCUT2D eigenvalue weighted by Gasteiger charge is -2.45. The summed E-state index contributed by atoms with van der Waals surface area (Å²) in [6, 6.07) is 6.83. The minimum absolute atomic E-state index is 0.0324. The predicted molar refractivity (Wildman–Crippen MR) is 98.1 cm³/mol. The molecule has 4 rings (SSSR count). The average Bonchev–Trinajstić information content (AvgIpc) is 3.03. The van der Waals surface area contributed by atoms with Gasteiger partial charge in [-0.15, -0.1) is 0 Å². The first-order valence-electron chi connectivity index (χ1n) is 9.35. The first-order chi connectivity index (χ1) is 11.9. The molecule has 0 saturated heterocycles. The minimum Gasteiger partial charge on any atom is -0.381 e. The van der Waals surface area contributed by atoms with E-state index in [-0.39, 0.29) is 5.41 Å². The quantitative estimate of drug-likeness (QED) is 0.895. The third-order valence-corrected chi connectivity index (χ3v) is 6.50. The molecule has 1 aromatic rings. The summed E-state index contributed by atoms with van der Waals surface area (Å²) in [6.45, 7) is 4.45. The summed E-state index contributed by atoms with van der Waals surface area (Å²) in [5.74, 6) is 0.944. The topological polar surface area (TPSA) is 60.1 Å². The molecule has 1 atom stereocenters. The highest BCUT2D eigenvalue weighted by Crippen LogP contribution is 2.62.